The molecule has 13 heavy (non-hydrogen) atoms. The molecule has 1 aliphatic rings. The fourth-order valence-electron chi connectivity index (χ4n) is 1.09. The molecule has 74 valence electrons. The maximum absolute atomic E-state index is 11.1. The van der Waals surface area contributed by atoms with Gasteiger partial charge in [0, 0.05) is 20.1 Å². The molecule has 2 atom stereocenters. The van der Waals surface area contributed by atoms with E-state index >= 15 is 0 Å². The molecular weight excluding hydrogens is 172 g/mol. The van der Waals surface area contributed by atoms with Crippen LogP contribution in [-0.4, -0.2) is 42.1 Å². The number of hydrogen-bond donors (Lipinski definition) is 2. The standard InChI is InChI=1S/C8H14N2O3/c1-8(6(11)12)4-5(8)9-7(13)10(2)3/h5H,4H2,1-3H3,(H,9,13)(H,11,12). The van der Waals surface area contributed by atoms with Gasteiger partial charge in [0.2, 0.25) is 0 Å². The summed E-state index contributed by atoms with van der Waals surface area (Å²) in [6.07, 6.45) is 0.516. The number of carboxylic acids is 1. The van der Waals surface area contributed by atoms with Crippen LogP contribution in [0, 0.1) is 5.41 Å². The van der Waals surface area contributed by atoms with Crippen LogP contribution >= 0.6 is 0 Å². The quantitative estimate of drug-likeness (QED) is 0.643. The zero-order chi connectivity index (χ0) is 10.2. The Morgan fingerprint density at radius 1 is 1.54 bits per heavy atom. The predicted octanol–water partition coefficient (Wildman–Crippen LogP) is 0.121. The van der Waals surface area contributed by atoms with Crippen LogP contribution in [0.25, 0.3) is 0 Å². The third kappa shape index (κ3) is 1.74. The molecule has 0 spiro atoms. The molecular formula is C8H14N2O3. The highest BCUT2D eigenvalue weighted by Gasteiger charge is 2.57. The number of aliphatic carboxylic acids is 1. The molecule has 1 saturated carbocycles. The third-order valence-corrected chi connectivity index (χ3v) is 2.43. The van der Waals surface area contributed by atoms with Crippen molar-refractivity contribution < 1.29 is 14.7 Å². The highest BCUT2D eigenvalue weighted by molar-refractivity contribution is 5.82. The van der Waals surface area contributed by atoms with E-state index in [1.54, 1.807) is 21.0 Å². The number of urea groups is 1. The number of hydrogen-bond acceptors (Lipinski definition) is 2. The Morgan fingerprint density at radius 3 is 2.38 bits per heavy atom. The number of carbonyl (C=O) groups excluding carboxylic acids is 1. The lowest BCUT2D eigenvalue weighted by Crippen LogP contribution is -2.38. The lowest BCUT2D eigenvalue weighted by atomic mass is 10.1. The van der Waals surface area contributed by atoms with E-state index in [9.17, 15) is 9.59 Å². The first kappa shape index (κ1) is 9.83. The molecule has 1 rings (SSSR count). The Labute approximate surface area is 76.7 Å². The van der Waals surface area contributed by atoms with Crippen molar-refractivity contribution in [1.29, 1.82) is 0 Å². The van der Waals surface area contributed by atoms with Gasteiger partial charge in [-0.1, -0.05) is 0 Å². The summed E-state index contributed by atoms with van der Waals surface area (Å²) in [5, 5.41) is 11.4. The van der Waals surface area contributed by atoms with Gasteiger partial charge in [0.05, 0.1) is 5.41 Å². The Hall–Kier alpha value is -1.26. The van der Waals surface area contributed by atoms with E-state index in [2.05, 4.69) is 5.32 Å². The number of amides is 2. The van der Waals surface area contributed by atoms with E-state index in [-0.39, 0.29) is 12.1 Å². The number of carbonyl (C=O) groups is 2. The fraction of sp³-hybridized carbons (Fsp3) is 0.750. The van der Waals surface area contributed by atoms with Crippen LogP contribution in [0.5, 0.6) is 0 Å². The maximum Gasteiger partial charge on any atom is 0.317 e. The van der Waals surface area contributed by atoms with E-state index in [1.807, 2.05) is 0 Å². The van der Waals surface area contributed by atoms with Crippen molar-refractivity contribution in [2.45, 2.75) is 19.4 Å². The van der Waals surface area contributed by atoms with E-state index in [4.69, 9.17) is 5.11 Å². The normalized spacial score (nSPS) is 30.8. The second kappa shape index (κ2) is 2.90. The molecule has 5 nitrogen and oxygen atoms in total. The average molecular weight is 186 g/mol. The van der Waals surface area contributed by atoms with Crippen LogP contribution < -0.4 is 5.32 Å². The van der Waals surface area contributed by atoms with Gasteiger partial charge >= 0.3 is 12.0 Å². The molecule has 0 bridgehead atoms. The molecule has 1 aliphatic carbocycles. The lowest BCUT2D eigenvalue weighted by Gasteiger charge is -2.12. The summed E-state index contributed by atoms with van der Waals surface area (Å²) in [6.45, 7) is 1.63. The molecule has 0 radical (unpaired) electrons. The SMILES string of the molecule is CN(C)C(=O)NC1CC1(C)C(=O)O. The fourth-order valence-corrected chi connectivity index (χ4v) is 1.09. The monoisotopic (exact) mass is 186 g/mol. The van der Waals surface area contributed by atoms with Crippen LogP contribution in [0.15, 0.2) is 0 Å². The Bertz CT molecular complexity index is 252. The smallest absolute Gasteiger partial charge is 0.317 e. The molecule has 2 N–H and O–H groups in total. The van der Waals surface area contributed by atoms with Crippen molar-refractivity contribution in [3.05, 3.63) is 0 Å². The van der Waals surface area contributed by atoms with E-state index in [0.29, 0.717) is 6.42 Å². The van der Waals surface area contributed by atoms with Crippen molar-refractivity contribution >= 4 is 12.0 Å². The van der Waals surface area contributed by atoms with Crippen molar-refractivity contribution in [3.8, 4) is 0 Å². The third-order valence-electron chi connectivity index (χ3n) is 2.43. The van der Waals surface area contributed by atoms with Crippen LogP contribution in [0.1, 0.15) is 13.3 Å². The van der Waals surface area contributed by atoms with Crippen molar-refractivity contribution in [2.75, 3.05) is 14.1 Å². The largest absolute Gasteiger partial charge is 0.481 e. The van der Waals surface area contributed by atoms with Gasteiger partial charge in [-0.2, -0.15) is 0 Å². The Kier molecular flexibility index (Phi) is 2.19. The molecule has 0 saturated heterocycles. The second-order valence-corrected chi connectivity index (χ2v) is 3.82. The van der Waals surface area contributed by atoms with Crippen molar-refractivity contribution in [2.24, 2.45) is 5.41 Å². The average Bonchev–Trinajstić information content (AvgIpc) is 2.63. The number of carboxylic acid groups (broad SMARTS) is 1. The summed E-state index contributed by atoms with van der Waals surface area (Å²) in [6, 6.07) is -0.463. The van der Waals surface area contributed by atoms with Gasteiger partial charge in [-0.3, -0.25) is 4.79 Å². The van der Waals surface area contributed by atoms with Gasteiger partial charge in [-0.05, 0) is 13.3 Å². The second-order valence-electron chi connectivity index (χ2n) is 3.82. The summed E-state index contributed by atoms with van der Waals surface area (Å²) in [7, 11) is 3.24. The molecule has 0 heterocycles. The first-order valence-electron chi connectivity index (χ1n) is 4.09. The highest BCUT2D eigenvalue weighted by Crippen LogP contribution is 2.45. The summed E-state index contributed by atoms with van der Waals surface area (Å²) in [5.41, 5.74) is -0.758. The highest BCUT2D eigenvalue weighted by atomic mass is 16.4. The zero-order valence-electron chi connectivity index (χ0n) is 8.00. The molecule has 0 aromatic carbocycles. The van der Waals surface area contributed by atoms with E-state index in [0.717, 1.165) is 0 Å². The Morgan fingerprint density at radius 2 is 2.08 bits per heavy atom. The zero-order valence-corrected chi connectivity index (χ0v) is 8.00. The van der Waals surface area contributed by atoms with Crippen LogP contribution in [0.3, 0.4) is 0 Å². The summed E-state index contributed by atoms with van der Waals surface area (Å²) in [5.74, 6) is -0.850. The minimum atomic E-state index is -0.850. The minimum Gasteiger partial charge on any atom is -0.481 e. The molecule has 0 aromatic heterocycles. The Balaban J connectivity index is 2.44. The molecule has 2 unspecified atom stereocenters. The van der Waals surface area contributed by atoms with Crippen molar-refractivity contribution in [1.82, 2.24) is 10.2 Å². The van der Waals surface area contributed by atoms with E-state index in [1.165, 1.54) is 4.90 Å². The number of nitrogens with one attached hydrogen (secondary N) is 1. The molecule has 1 fully saturated rings. The van der Waals surface area contributed by atoms with Gasteiger partial charge in [0.25, 0.3) is 0 Å². The molecule has 0 aliphatic heterocycles. The number of nitrogens with zero attached hydrogens (tertiary/aromatic N) is 1. The van der Waals surface area contributed by atoms with Crippen molar-refractivity contribution in [3.63, 3.8) is 0 Å². The summed E-state index contributed by atoms with van der Waals surface area (Å²) < 4.78 is 0. The number of rotatable bonds is 2. The van der Waals surface area contributed by atoms with Gasteiger partial charge in [-0.15, -0.1) is 0 Å². The minimum absolute atomic E-state index is 0.222. The van der Waals surface area contributed by atoms with Crippen LogP contribution in [0.2, 0.25) is 0 Å². The topological polar surface area (TPSA) is 69.6 Å². The van der Waals surface area contributed by atoms with Gasteiger partial charge < -0.3 is 15.3 Å². The predicted molar refractivity (Wildman–Crippen MR) is 46.4 cm³/mol. The van der Waals surface area contributed by atoms with Crippen LogP contribution in [-0.2, 0) is 4.79 Å². The maximum atomic E-state index is 11.1. The first-order valence-corrected chi connectivity index (χ1v) is 4.09. The van der Waals surface area contributed by atoms with Gasteiger partial charge in [0.15, 0.2) is 0 Å². The molecule has 0 aromatic rings. The summed E-state index contributed by atoms with van der Waals surface area (Å²) >= 11 is 0. The molecule has 5 heteroatoms. The first-order chi connectivity index (χ1) is 5.88. The van der Waals surface area contributed by atoms with E-state index < -0.39 is 11.4 Å². The van der Waals surface area contributed by atoms with Gasteiger partial charge in [0.1, 0.15) is 0 Å². The van der Waals surface area contributed by atoms with Gasteiger partial charge in [-0.25, -0.2) is 4.79 Å². The lowest BCUT2D eigenvalue weighted by molar-refractivity contribution is -0.142. The molecule has 2 amide bonds. The summed E-state index contributed by atoms with van der Waals surface area (Å²) in [4.78, 5) is 23.2. The van der Waals surface area contributed by atoms with Crippen LogP contribution in [0.4, 0.5) is 4.79 Å².